The normalized spacial score (nSPS) is 11.2. The lowest BCUT2D eigenvalue weighted by Gasteiger charge is -2.10. The van der Waals surface area contributed by atoms with E-state index in [1.807, 2.05) is 30.3 Å². The van der Waals surface area contributed by atoms with Gasteiger partial charge in [-0.25, -0.2) is 24.5 Å². The van der Waals surface area contributed by atoms with Gasteiger partial charge in [0.1, 0.15) is 11.0 Å². The molecule has 10 N–H and O–H groups in total. The number of imidazole rings is 2. The van der Waals surface area contributed by atoms with Gasteiger partial charge in [0.15, 0.2) is 0 Å². The summed E-state index contributed by atoms with van der Waals surface area (Å²) in [4.78, 5) is 69.6. The molecule has 1 aliphatic heterocycles. The van der Waals surface area contributed by atoms with Crippen molar-refractivity contribution < 1.29 is 14.7 Å². The first-order chi connectivity index (χ1) is 25.2. The summed E-state index contributed by atoms with van der Waals surface area (Å²) in [6, 6.07) is 16.3. The summed E-state index contributed by atoms with van der Waals surface area (Å²) in [5.41, 5.74) is 11.9. The van der Waals surface area contributed by atoms with Gasteiger partial charge >= 0.3 is 11.4 Å². The van der Waals surface area contributed by atoms with Crippen molar-refractivity contribution in [2.45, 2.75) is 13.3 Å². The minimum absolute atomic E-state index is 0.0469. The Morgan fingerprint density at radius 3 is 1.94 bits per heavy atom. The fourth-order valence-electron chi connectivity index (χ4n) is 4.58. The number of carboxylic acid groups (broad SMARTS) is 1. The summed E-state index contributed by atoms with van der Waals surface area (Å²) >= 11 is 17.5. The van der Waals surface area contributed by atoms with Crippen molar-refractivity contribution in [3.8, 4) is 0 Å². The molecule has 0 saturated heterocycles. The topological polar surface area (TPSA) is 265 Å². The number of aromatic amines is 4. The van der Waals surface area contributed by atoms with Crippen molar-refractivity contribution in [3.63, 3.8) is 0 Å². The van der Waals surface area contributed by atoms with Gasteiger partial charge in [-0.3, -0.25) is 9.59 Å². The van der Waals surface area contributed by atoms with Gasteiger partial charge in [0.05, 0.1) is 37.4 Å². The summed E-state index contributed by atoms with van der Waals surface area (Å²) in [6.45, 7) is 1.08. The van der Waals surface area contributed by atoms with E-state index in [1.54, 1.807) is 30.5 Å². The monoisotopic (exact) mass is 886 g/mol. The molecule has 7 aromatic rings. The standard InChI is InChI=1S/C18H13BrN8O2.C8H8N2O.C4HBrCl2N2.C2H4O2/c19-10-7-20-16(22-9-2-4-12-14(6-9)26-18(29)24-12)27-15(10)21-8-1-3-11-13(5-8)25-17(28)23-11;9-6-1-2-7-5(3-6)4-8(11)10-7;5-2-1-8-4(7)9-3(2)6;1-2(3)4/h1-7H,(H2,23,25,28)(H2,24,26,29)(H2,20,21,22,27);1-3H,4,9H2,(H,10,11);1H;1H3,(H,3,4). The molecule has 0 unspecified atom stereocenters. The highest BCUT2D eigenvalue weighted by Crippen LogP contribution is 2.27. The zero-order valence-electron chi connectivity index (χ0n) is 27.0. The maximum absolute atomic E-state index is 11.4. The largest absolute Gasteiger partial charge is 0.481 e. The number of H-pyrrole nitrogens is 4. The summed E-state index contributed by atoms with van der Waals surface area (Å²) in [7, 11) is 0. The first-order valence-electron chi connectivity index (χ1n) is 14.9. The molecule has 3 aromatic carbocycles. The van der Waals surface area contributed by atoms with E-state index in [9.17, 15) is 14.4 Å². The van der Waals surface area contributed by atoms with Crippen molar-refractivity contribution in [2.75, 3.05) is 21.7 Å². The highest BCUT2D eigenvalue weighted by atomic mass is 79.9. The van der Waals surface area contributed by atoms with Crippen LogP contribution in [0.4, 0.5) is 34.5 Å². The molecule has 1 aliphatic rings. The number of nitrogen functional groups attached to an aromatic ring is 1. The first-order valence-corrected chi connectivity index (χ1v) is 17.3. The molecule has 0 saturated carbocycles. The van der Waals surface area contributed by atoms with E-state index in [1.165, 1.54) is 6.20 Å². The maximum Gasteiger partial charge on any atom is 0.323 e. The number of hydrogen-bond acceptors (Lipinski definition) is 11. The lowest BCUT2D eigenvalue weighted by Crippen LogP contribution is -2.03. The van der Waals surface area contributed by atoms with Crippen LogP contribution in [0, 0.1) is 0 Å². The molecule has 53 heavy (non-hydrogen) atoms. The van der Waals surface area contributed by atoms with Crippen LogP contribution in [0.3, 0.4) is 0 Å². The lowest BCUT2D eigenvalue weighted by molar-refractivity contribution is -0.134. The van der Waals surface area contributed by atoms with Crippen molar-refractivity contribution in [1.82, 2.24) is 39.9 Å². The number of aromatic nitrogens is 8. The van der Waals surface area contributed by atoms with E-state index >= 15 is 0 Å². The lowest BCUT2D eigenvalue weighted by atomic mass is 10.1. The van der Waals surface area contributed by atoms with Gasteiger partial charge in [-0.05, 0) is 104 Å². The van der Waals surface area contributed by atoms with Gasteiger partial charge in [0, 0.05) is 42.1 Å². The van der Waals surface area contributed by atoms with Crippen LogP contribution in [0.25, 0.3) is 22.1 Å². The quantitative estimate of drug-likeness (QED) is 0.0524. The van der Waals surface area contributed by atoms with Crippen molar-refractivity contribution in [2.24, 2.45) is 0 Å². The number of nitrogens with one attached hydrogen (secondary N) is 7. The average Bonchev–Trinajstić information content (AvgIpc) is 3.77. The van der Waals surface area contributed by atoms with Crippen molar-refractivity contribution >= 4 is 124 Å². The zero-order chi connectivity index (χ0) is 38.2. The number of fused-ring (bicyclic) bond motifs is 3. The Bertz CT molecular complexity index is 2570. The van der Waals surface area contributed by atoms with E-state index in [-0.39, 0.29) is 22.6 Å². The summed E-state index contributed by atoms with van der Waals surface area (Å²) in [5.74, 6) is 0.144. The third-order valence-electron chi connectivity index (χ3n) is 6.72. The summed E-state index contributed by atoms with van der Waals surface area (Å²) in [6.07, 6.45) is 3.59. The van der Waals surface area contributed by atoms with E-state index < -0.39 is 5.97 Å². The van der Waals surface area contributed by atoms with Gasteiger partial charge in [0.2, 0.25) is 17.1 Å². The number of amides is 1. The number of carbonyl (C=O) groups is 2. The summed E-state index contributed by atoms with van der Waals surface area (Å²) < 4.78 is 1.32. The van der Waals surface area contributed by atoms with E-state index in [0.717, 1.165) is 40.6 Å². The van der Waals surface area contributed by atoms with E-state index in [4.69, 9.17) is 38.8 Å². The molecule has 4 aromatic heterocycles. The number of halogens is 4. The molecule has 21 heteroatoms. The molecular weight excluding hydrogens is 863 g/mol. The Labute approximate surface area is 324 Å². The number of benzene rings is 3. The van der Waals surface area contributed by atoms with Crippen LogP contribution < -0.4 is 33.1 Å². The van der Waals surface area contributed by atoms with Crippen molar-refractivity contribution in [3.05, 3.63) is 113 Å². The summed E-state index contributed by atoms with van der Waals surface area (Å²) in [5, 5.41) is 17.0. The molecule has 1 amide bonds. The number of nitrogens with zero attached hydrogens (tertiary/aromatic N) is 4. The molecule has 5 heterocycles. The number of aliphatic carboxylic acids is 1. The predicted octanol–water partition coefficient (Wildman–Crippen LogP) is 6.47. The second-order valence-corrected chi connectivity index (χ2v) is 13.2. The van der Waals surface area contributed by atoms with E-state index in [2.05, 4.69) is 87.7 Å². The van der Waals surface area contributed by atoms with Gasteiger partial charge in [-0.1, -0.05) is 11.6 Å². The Morgan fingerprint density at radius 1 is 0.792 bits per heavy atom. The fourth-order valence-corrected chi connectivity index (χ4v) is 5.36. The smallest absolute Gasteiger partial charge is 0.323 e. The molecule has 0 radical (unpaired) electrons. The minimum Gasteiger partial charge on any atom is -0.481 e. The van der Waals surface area contributed by atoms with Crippen LogP contribution >= 0.6 is 55.1 Å². The molecule has 0 aliphatic carbocycles. The Balaban J connectivity index is 0.000000183. The number of carbonyl (C=O) groups excluding carboxylic acids is 1. The Hall–Kier alpha value is -5.76. The molecular formula is C32H26Br2Cl2N12O5. The SMILES string of the molecule is CC(=O)O.Clc1ncc(Br)c(Cl)n1.Nc1ccc2c(c1)CC(=O)N2.O=c1[nH]c2ccc(Nc3ncc(Br)c(Nc4ccc5[nH]c(=O)[nH]c5c4)n3)cc2[nH]1. The van der Waals surface area contributed by atoms with Crippen LogP contribution in [0.2, 0.25) is 10.4 Å². The van der Waals surface area contributed by atoms with Gasteiger partial charge in [-0.15, -0.1) is 0 Å². The Morgan fingerprint density at radius 2 is 1.36 bits per heavy atom. The number of hydrogen-bond donors (Lipinski definition) is 9. The highest BCUT2D eigenvalue weighted by molar-refractivity contribution is 9.11. The van der Waals surface area contributed by atoms with Crippen molar-refractivity contribution in [1.29, 1.82) is 0 Å². The first kappa shape index (κ1) is 38.5. The van der Waals surface area contributed by atoms with E-state index in [0.29, 0.717) is 49.0 Å². The highest BCUT2D eigenvalue weighted by Gasteiger charge is 2.16. The molecule has 0 atom stereocenters. The number of rotatable bonds is 4. The van der Waals surface area contributed by atoms with Gasteiger partial charge < -0.3 is 46.7 Å². The number of anilines is 6. The molecule has 8 rings (SSSR count). The molecule has 17 nitrogen and oxygen atoms in total. The number of carboxylic acids is 1. The predicted molar refractivity (Wildman–Crippen MR) is 210 cm³/mol. The average molecular weight is 889 g/mol. The third-order valence-corrected chi connectivity index (χ3v) is 8.58. The van der Waals surface area contributed by atoms with Crippen LogP contribution in [0.5, 0.6) is 0 Å². The second kappa shape index (κ2) is 17.2. The fraction of sp³-hybridized carbons (Fsp3) is 0.0625. The maximum atomic E-state index is 11.4. The zero-order valence-corrected chi connectivity index (χ0v) is 31.7. The van der Waals surface area contributed by atoms with Crippen LogP contribution in [-0.4, -0.2) is 56.9 Å². The molecule has 0 fully saturated rings. The third kappa shape index (κ3) is 10.9. The molecule has 0 spiro atoms. The second-order valence-electron chi connectivity index (χ2n) is 10.8. The van der Waals surface area contributed by atoms with Crippen LogP contribution in [-0.2, 0) is 16.0 Å². The Kier molecular flexibility index (Phi) is 12.5. The van der Waals surface area contributed by atoms with Crippen LogP contribution in [0.15, 0.2) is 85.5 Å². The van der Waals surface area contributed by atoms with Gasteiger partial charge in [0.25, 0.3) is 5.97 Å². The molecule has 272 valence electrons. The van der Waals surface area contributed by atoms with Crippen LogP contribution in [0.1, 0.15) is 12.5 Å². The van der Waals surface area contributed by atoms with Gasteiger partial charge in [-0.2, -0.15) is 4.98 Å². The minimum atomic E-state index is -0.833. The molecule has 0 bridgehead atoms. The number of nitrogens with two attached hydrogens (primary N) is 1.